The van der Waals surface area contributed by atoms with Gasteiger partial charge in [-0.1, -0.05) is 6.07 Å². The summed E-state index contributed by atoms with van der Waals surface area (Å²) in [4.78, 5) is 11.8. The highest BCUT2D eigenvalue weighted by atomic mass is 16.7. The molecule has 0 radical (unpaired) electrons. The van der Waals surface area contributed by atoms with Crippen molar-refractivity contribution >= 4 is 5.91 Å². The summed E-state index contributed by atoms with van der Waals surface area (Å²) in [5, 5.41) is 6.12. The number of rotatable bonds is 5. The maximum atomic E-state index is 11.8. The van der Waals surface area contributed by atoms with E-state index < -0.39 is 0 Å². The Kier molecular flexibility index (Phi) is 4.57. The van der Waals surface area contributed by atoms with Crippen molar-refractivity contribution in [3.63, 3.8) is 0 Å². The first kappa shape index (κ1) is 14.2. The highest BCUT2D eigenvalue weighted by molar-refractivity contribution is 5.77. The number of benzene rings is 1. The molecule has 2 aliphatic rings. The number of carbonyl (C=O) groups is 1. The van der Waals surface area contributed by atoms with Gasteiger partial charge >= 0.3 is 0 Å². The van der Waals surface area contributed by atoms with Crippen LogP contribution in [0.25, 0.3) is 0 Å². The summed E-state index contributed by atoms with van der Waals surface area (Å²) in [7, 11) is 0. The Labute approximate surface area is 123 Å². The normalized spacial score (nSPS) is 17.7. The molecule has 0 aliphatic carbocycles. The molecule has 0 saturated carbocycles. The van der Waals surface area contributed by atoms with Crippen molar-refractivity contribution in [3.8, 4) is 11.5 Å². The van der Waals surface area contributed by atoms with Gasteiger partial charge in [0.2, 0.25) is 12.7 Å². The summed E-state index contributed by atoms with van der Waals surface area (Å²) in [5.41, 5.74) is 0.981. The van der Waals surface area contributed by atoms with Crippen molar-refractivity contribution in [2.75, 3.05) is 26.5 Å². The van der Waals surface area contributed by atoms with Crippen LogP contribution in [0.3, 0.4) is 0 Å². The van der Waals surface area contributed by atoms with Gasteiger partial charge in [-0.05, 0) is 43.6 Å². The third kappa shape index (κ3) is 3.86. The van der Waals surface area contributed by atoms with E-state index in [1.807, 2.05) is 18.2 Å². The van der Waals surface area contributed by atoms with Gasteiger partial charge in [0.15, 0.2) is 11.5 Å². The molecule has 114 valence electrons. The van der Waals surface area contributed by atoms with Gasteiger partial charge in [0.25, 0.3) is 0 Å². The van der Waals surface area contributed by atoms with Crippen LogP contribution in [0.1, 0.15) is 18.4 Å². The van der Waals surface area contributed by atoms with Gasteiger partial charge in [0, 0.05) is 6.54 Å². The molecule has 0 aromatic heterocycles. The van der Waals surface area contributed by atoms with Crippen LogP contribution in [0, 0.1) is 0 Å². The maximum absolute atomic E-state index is 11.8. The third-order valence-corrected chi connectivity index (χ3v) is 3.66. The van der Waals surface area contributed by atoms with E-state index in [9.17, 15) is 4.79 Å². The Bertz CT molecular complexity index is 500. The van der Waals surface area contributed by atoms with Gasteiger partial charge in [0.05, 0.1) is 6.10 Å². The van der Waals surface area contributed by atoms with Gasteiger partial charge in [0.1, 0.15) is 6.61 Å². The predicted octanol–water partition coefficient (Wildman–Crippen LogP) is 0.800. The number of nitrogens with one attached hydrogen (secondary N) is 2. The fourth-order valence-corrected chi connectivity index (χ4v) is 2.46. The van der Waals surface area contributed by atoms with Crippen LogP contribution in [0.4, 0.5) is 0 Å². The summed E-state index contributed by atoms with van der Waals surface area (Å²) in [6.07, 6.45) is 2.13. The second-order valence-corrected chi connectivity index (χ2v) is 5.22. The Morgan fingerprint density at radius 1 is 1.29 bits per heavy atom. The lowest BCUT2D eigenvalue weighted by atomic mass is 10.1. The van der Waals surface area contributed by atoms with Crippen molar-refractivity contribution in [3.05, 3.63) is 23.8 Å². The van der Waals surface area contributed by atoms with Crippen LogP contribution in [-0.4, -0.2) is 38.5 Å². The number of hydrogen-bond donors (Lipinski definition) is 2. The Hall–Kier alpha value is -1.79. The van der Waals surface area contributed by atoms with Crippen molar-refractivity contribution < 1.29 is 19.0 Å². The molecule has 6 heteroatoms. The summed E-state index contributed by atoms with van der Waals surface area (Å²) >= 11 is 0. The fourth-order valence-electron chi connectivity index (χ4n) is 2.46. The zero-order valence-corrected chi connectivity index (χ0v) is 11.9. The van der Waals surface area contributed by atoms with E-state index in [-0.39, 0.29) is 25.4 Å². The molecule has 1 saturated heterocycles. The molecule has 2 N–H and O–H groups in total. The molecule has 3 rings (SSSR count). The lowest BCUT2D eigenvalue weighted by molar-refractivity contribution is -0.128. The largest absolute Gasteiger partial charge is 0.454 e. The maximum Gasteiger partial charge on any atom is 0.246 e. The smallest absolute Gasteiger partial charge is 0.246 e. The minimum absolute atomic E-state index is 0.0915. The van der Waals surface area contributed by atoms with Crippen LogP contribution in [0.5, 0.6) is 11.5 Å². The standard InChI is InChI=1S/C15H20N2O4/c18-15(9-19-12-3-5-16-6-4-12)17-8-11-1-2-13-14(7-11)21-10-20-13/h1-2,7,12,16H,3-6,8-10H2,(H,17,18). The minimum atomic E-state index is -0.0915. The average Bonchev–Trinajstić information content (AvgIpc) is 2.99. The second kappa shape index (κ2) is 6.78. The van der Waals surface area contributed by atoms with Crippen molar-refractivity contribution in [2.45, 2.75) is 25.5 Å². The Morgan fingerprint density at radius 3 is 2.95 bits per heavy atom. The lowest BCUT2D eigenvalue weighted by Crippen LogP contribution is -2.35. The Morgan fingerprint density at radius 2 is 2.10 bits per heavy atom. The Balaban J connectivity index is 1.41. The van der Waals surface area contributed by atoms with Gasteiger partial charge < -0.3 is 24.8 Å². The first-order valence-electron chi connectivity index (χ1n) is 7.29. The number of hydrogen-bond acceptors (Lipinski definition) is 5. The first-order valence-corrected chi connectivity index (χ1v) is 7.29. The van der Waals surface area contributed by atoms with E-state index in [0.29, 0.717) is 6.54 Å². The van der Waals surface area contributed by atoms with Crippen molar-refractivity contribution in [1.29, 1.82) is 0 Å². The molecule has 1 aromatic carbocycles. The van der Waals surface area contributed by atoms with Crippen molar-refractivity contribution in [2.24, 2.45) is 0 Å². The summed E-state index contributed by atoms with van der Waals surface area (Å²) < 4.78 is 16.2. The molecule has 1 fully saturated rings. The predicted molar refractivity (Wildman–Crippen MR) is 76.3 cm³/mol. The zero-order chi connectivity index (χ0) is 14.5. The monoisotopic (exact) mass is 292 g/mol. The molecule has 2 aliphatic heterocycles. The SMILES string of the molecule is O=C(COC1CCNCC1)NCc1ccc2c(c1)OCO2. The number of fused-ring (bicyclic) bond motifs is 1. The third-order valence-electron chi connectivity index (χ3n) is 3.66. The number of piperidine rings is 1. The molecule has 1 amide bonds. The van der Waals surface area contributed by atoms with E-state index >= 15 is 0 Å². The second-order valence-electron chi connectivity index (χ2n) is 5.22. The zero-order valence-electron chi connectivity index (χ0n) is 11.9. The molecule has 0 unspecified atom stereocenters. The van der Waals surface area contributed by atoms with E-state index in [1.54, 1.807) is 0 Å². The van der Waals surface area contributed by atoms with Crippen LogP contribution >= 0.6 is 0 Å². The van der Waals surface area contributed by atoms with Crippen LogP contribution in [0.15, 0.2) is 18.2 Å². The minimum Gasteiger partial charge on any atom is -0.454 e. The summed E-state index contributed by atoms with van der Waals surface area (Å²) in [5.74, 6) is 1.39. The quantitative estimate of drug-likeness (QED) is 0.840. The number of amides is 1. The van der Waals surface area contributed by atoms with E-state index in [2.05, 4.69) is 10.6 Å². The van der Waals surface area contributed by atoms with E-state index in [4.69, 9.17) is 14.2 Å². The molecule has 0 bridgehead atoms. The van der Waals surface area contributed by atoms with Gasteiger partial charge in [-0.2, -0.15) is 0 Å². The summed E-state index contributed by atoms with van der Waals surface area (Å²) in [6, 6.07) is 5.66. The highest BCUT2D eigenvalue weighted by Gasteiger charge is 2.15. The van der Waals surface area contributed by atoms with Gasteiger partial charge in [-0.25, -0.2) is 0 Å². The van der Waals surface area contributed by atoms with E-state index in [0.717, 1.165) is 43.0 Å². The van der Waals surface area contributed by atoms with Crippen LogP contribution in [-0.2, 0) is 16.1 Å². The van der Waals surface area contributed by atoms with Crippen LogP contribution < -0.4 is 20.1 Å². The average molecular weight is 292 g/mol. The fraction of sp³-hybridized carbons (Fsp3) is 0.533. The highest BCUT2D eigenvalue weighted by Crippen LogP contribution is 2.32. The molecule has 0 atom stereocenters. The molecule has 6 nitrogen and oxygen atoms in total. The topological polar surface area (TPSA) is 68.8 Å². The molecule has 1 aromatic rings. The summed E-state index contributed by atoms with van der Waals surface area (Å²) in [6.45, 7) is 2.77. The lowest BCUT2D eigenvalue weighted by Gasteiger charge is -2.22. The van der Waals surface area contributed by atoms with Gasteiger partial charge in [-0.3, -0.25) is 4.79 Å². The first-order chi connectivity index (χ1) is 10.3. The molecular weight excluding hydrogens is 272 g/mol. The van der Waals surface area contributed by atoms with Crippen molar-refractivity contribution in [1.82, 2.24) is 10.6 Å². The molecule has 2 heterocycles. The molecular formula is C15H20N2O4. The molecule has 0 spiro atoms. The molecule has 21 heavy (non-hydrogen) atoms. The van der Waals surface area contributed by atoms with E-state index in [1.165, 1.54) is 0 Å². The number of ether oxygens (including phenoxy) is 3. The van der Waals surface area contributed by atoms with Gasteiger partial charge in [-0.15, -0.1) is 0 Å². The number of carbonyl (C=O) groups excluding carboxylic acids is 1. The van der Waals surface area contributed by atoms with Crippen LogP contribution in [0.2, 0.25) is 0 Å².